The fourth-order valence-electron chi connectivity index (χ4n) is 1.96. The van der Waals surface area contributed by atoms with Crippen molar-refractivity contribution in [1.29, 1.82) is 0 Å². The second-order valence-corrected chi connectivity index (χ2v) is 4.91. The van der Waals surface area contributed by atoms with Crippen molar-refractivity contribution in [3.63, 3.8) is 0 Å². The molecule has 1 heterocycles. The highest BCUT2D eigenvalue weighted by atomic mass is 16.2. The lowest BCUT2D eigenvalue weighted by atomic mass is 9.92. The first-order chi connectivity index (χ1) is 7.50. The van der Waals surface area contributed by atoms with Gasteiger partial charge in [0, 0.05) is 0 Å². The standard InChI is InChI=1S/C11H17N3O2/c1-5(2)7-10(15)13-9(14-11(7)16)8(12)6-3-4-6/h5-8H,3-4,12H2,1-2H3,(H,13,14,15,16). The van der Waals surface area contributed by atoms with Gasteiger partial charge in [0.25, 0.3) is 5.91 Å². The summed E-state index contributed by atoms with van der Waals surface area (Å²) in [5, 5.41) is 2.66. The molecule has 16 heavy (non-hydrogen) atoms. The van der Waals surface area contributed by atoms with Crippen LogP contribution in [0, 0.1) is 17.8 Å². The van der Waals surface area contributed by atoms with E-state index >= 15 is 0 Å². The summed E-state index contributed by atoms with van der Waals surface area (Å²) >= 11 is 0. The Morgan fingerprint density at radius 2 is 2.00 bits per heavy atom. The molecule has 1 fully saturated rings. The number of amides is 2. The zero-order valence-corrected chi connectivity index (χ0v) is 9.56. The van der Waals surface area contributed by atoms with Crippen LogP contribution in [0.2, 0.25) is 0 Å². The molecule has 1 saturated carbocycles. The number of hydrogen-bond donors (Lipinski definition) is 2. The third-order valence-corrected chi connectivity index (χ3v) is 3.14. The normalized spacial score (nSPS) is 27.8. The summed E-state index contributed by atoms with van der Waals surface area (Å²) in [5.74, 6) is -0.576. The molecule has 5 heteroatoms. The molecule has 2 atom stereocenters. The van der Waals surface area contributed by atoms with Crippen LogP contribution in [0.15, 0.2) is 4.99 Å². The Labute approximate surface area is 94.5 Å². The Hall–Kier alpha value is -1.23. The quantitative estimate of drug-likeness (QED) is 0.663. The predicted molar refractivity (Wildman–Crippen MR) is 59.6 cm³/mol. The average Bonchev–Trinajstić information content (AvgIpc) is 2.97. The van der Waals surface area contributed by atoms with Crippen molar-refractivity contribution < 1.29 is 9.59 Å². The van der Waals surface area contributed by atoms with Gasteiger partial charge in [-0.1, -0.05) is 13.8 Å². The van der Waals surface area contributed by atoms with Crippen molar-refractivity contribution in [3.8, 4) is 0 Å². The van der Waals surface area contributed by atoms with Gasteiger partial charge in [0.1, 0.15) is 11.8 Å². The van der Waals surface area contributed by atoms with Crippen molar-refractivity contribution in [3.05, 3.63) is 0 Å². The van der Waals surface area contributed by atoms with Gasteiger partial charge in [-0.15, -0.1) is 0 Å². The van der Waals surface area contributed by atoms with Gasteiger partial charge in [-0.3, -0.25) is 9.59 Å². The molecular formula is C11H17N3O2. The molecule has 0 radical (unpaired) electrons. The van der Waals surface area contributed by atoms with Gasteiger partial charge in [0.05, 0.1) is 6.04 Å². The van der Waals surface area contributed by atoms with Crippen molar-refractivity contribution in [2.45, 2.75) is 32.7 Å². The van der Waals surface area contributed by atoms with Crippen LogP contribution in [0.5, 0.6) is 0 Å². The summed E-state index contributed by atoms with van der Waals surface area (Å²) in [6.07, 6.45) is 2.11. The van der Waals surface area contributed by atoms with Gasteiger partial charge in [-0.05, 0) is 24.7 Å². The fourth-order valence-corrected chi connectivity index (χ4v) is 1.96. The van der Waals surface area contributed by atoms with E-state index in [0.29, 0.717) is 11.8 Å². The maximum Gasteiger partial charge on any atom is 0.260 e. The SMILES string of the molecule is CC(C)C1C(=O)N=C(C(N)C2CC2)NC1=O. The summed E-state index contributed by atoms with van der Waals surface area (Å²) in [5.41, 5.74) is 5.90. The second-order valence-electron chi connectivity index (χ2n) is 4.91. The van der Waals surface area contributed by atoms with Crippen LogP contribution in [-0.2, 0) is 9.59 Å². The number of nitrogens with one attached hydrogen (secondary N) is 1. The molecule has 3 N–H and O–H groups in total. The molecule has 0 aromatic rings. The summed E-state index contributed by atoms with van der Waals surface area (Å²) in [7, 11) is 0. The Bertz CT molecular complexity index is 358. The lowest BCUT2D eigenvalue weighted by Crippen LogP contribution is -2.52. The van der Waals surface area contributed by atoms with E-state index in [0.717, 1.165) is 12.8 Å². The van der Waals surface area contributed by atoms with Crippen molar-refractivity contribution in [2.75, 3.05) is 0 Å². The van der Waals surface area contributed by atoms with Crippen LogP contribution in [0.25, 0.3) is 0 Å². The zero-order chi connectivity index (χ0) is 11.9. The number of carbonyl (C=O) groups is 2. The Morgan fingerprint density at radius 3 is 2.44 bits per heavy atom. The third kappa shape index (κ3) is 2.00. The molecule has 0 bridgehead atoms. The molecule has 2 amide bonds. The van der Waals surface area contributed by atoms with Gasteiger partial charge < -0.3 is 11.1 Å². The minimum atomic E-state index is -0.657. The Balaban J connectivity index is 2.16. The monoisotopic (exact) mass is 223 g/mol. The summed E-state index contributed by atoms with van der Waals surface area (Å²) in [4.78, 5) is 27.4. The number of nitrogens with two attached hydrogens (primary N) is 1. The number of rotatable bonds is 3. The molecule has 2 unspecified atom stereocenters. The first kappa shape index (κ1) is 11.3. The summed E-state index contributed by atoms with van der Waals surface area (Å²) in [6, 6.07) is -0.291. The lowest BCUT2D eigenvalue weighted by molar-refractivity contribution is -0.135. The highest BCUT2D eigenvalue weighted by molar-refractivity contribution is 6.17. The predicted octanol–water partition coefficient (Wildman–Crippen LogP) is 0.0508. The average molecular weight is 223 g/mol. The van der Waals surface area contributed by atoms with Crippen LogP contribution in [0.1, 0.15) is 26.7 Å². The zero-order valence-electron chi connectivity index (χ0n) is 9.56. The van der Waals surface area contributed by atoms with Crippen molar-refractivity contribution in [2.24, 2.45) is 28.5 Å². The van der Waals surface area contributed by atoms with Crippen LogP contribution in [-0.4, -0.2) is 23.7 Å². The molecule has 1 aliphatic heterocycles. The molecule has 88 valence electrons. The summed E-state index contributed by atoms with van der Waals surface area (Å²) < 4.78 is 0. The van der Waals surface area contributed by atoms with Crippen molar-refractivity contribution >= 4 is 17.6 Å². The second kappa shape index (κ2) is 3.97. The smallest absolute Gasteiger partial charge is 0.260 e. The van der Waals surface area contributed by atoms with Crippen LogP contribution < -0.4 is 11.1 Å². The van der Waals surface area contributed by atoms with Crippen LogP contribution >= 0.6 is 0 Å². The van der Waals surface area contributed by atoms with Gasteiger partial charge >= 0.3 is 0 Å². The van der Waals surface area contributed by atoms with E-state index in [1.54, 1.807) is 0 Å². The third-order valence-electron chi connectivity index (χ3n) is 3.14. The van der Waals surface area contributed by atoms with E-state index in [4.69, 9.17) is 5.73 Å². The highest BCUT2D eigenvalue weighted by Crippen LogP contribution is 2.32. The maximum atomic E-state index is 11.7. The van der Waals surface area contributed by atoms with Gasteiger partial charge in [-0.2, -0.15) is 4.99 Å². The molecule has 5 nitrogen and oxygen atoms in total. The number of nitrogens with zero attached hydrogens (tertiary/aromatic N) is 1. The Kier molecular flexibility index (Phi) is 2.80. The van der Waals surface area contributed by atoms with E-state index < -0.39 is 5.92 Å². The first-order valence-electron chi connectivity index (χ1n) is 5.69. The minimum absolute atomic E-state index is 0.0325. The van der Waals surface area contributed by atoms with E-state index in [9.17, 15) is 9.59 Å². The van der Waals surface area contributed by atoms with Gasteiger partial charge in [0.2, 0.25) is 5.91 Å². The molecule has 0 aromatic carbocycles. The minimum Gasteiger partial charge on any atom is -0.321 e. The van der Waals surface area contributed by atoms with E-state index in [-0.39, 0.29) is 23.8 Å². The molecule has 0 saturated heterocycles. The van der Waals surface area contributed by atoms with Crippen molar-refractivity contribution in [1.82, 2.24) is 5.32 Å². The van der Waals surface area contributed by atoms with E-state index in [1.165, 1.54) is 0 Å². The number of hydrogen-bond acceptors (Lipinski definition) is 3. The fraction of sp³-hybridized carbons (Fsp3) is 0.727. The molecule has 1 aliphatic carbocycles. The molecule has 0 spiro atoms. The van der Waals surface area contributed by atoms with Gasteiger partial charge in [0.15, 0.2) is 0 Å². The van der Waals surface area contributed by atoms with Gasteiger partial charge in [-0.25, -0.2) is 0 Å². The summed E-state index contributed by atoms with van der Waals surface area (Å²) in [6.45, 7) is 3.67. The van der Waals surface area contributed by atoms with Crippen LogP contribution in [0.4, 0.5) is 0 Å². The molecule has 2 rings (SSSR count). The molecule has 0 aromatic heterocycles. The number of carbonyl (C=O) groups excluding carboxylic acids is 2. The molecule has 2 aliphatic rings. The molecular weight excluding hydrogens is 206 g/mol. The highest BCUT2D eigenvalue weighted by Gasteiger charge is 2.39. The Morgan fingerprint density at radius 1 is 1.38 bits per heavy atom. The van der Waals surface area contributed by atoms with E-state index in [2.05, 4.69) is 10.3 Å². The van der Waals surface area contributed by atoms with Crippen LogP contribution in [0.3, 0.4) is 0 Å². The lowest BCUT2D eigenvalue weighted by Gasteiger charge is -2.25. The number of amidine groups is 1. The van der Waals surface area contributed by atoms with E-state index in [1.807, 2.05) is 13.8 Å². The topological polar surface area (TPSA) is 84.6 Å². The number of aliphatic imine (C=N–C) groups is 1. The maximum absolute atomic E-state index is 11.7. The largest absolute Gasteiger partial charge is 0.321 e. The first-order valence-corrected chi connectivity index (χ1v) is 5.69.